The van der Waals surface area contributed by atoms with Crippen molar-refractivity contribution < 1.29 is 8.78 Å². The summed E-state index contributed by atoms with van der Waals surface area (Å²) in [4.78, 5) is 2.14. The van der Waals surface area contributed by atoms with Crippen LogP contribution in [0, 0.1) is 17.0 Å². The zero-order valence-corrected chi connectivity index (χ0v) is 14.1. The molecule has 1 N–H and O–H groups in total. The SMILES string of the molecule is CC(C)(C)[C@H](c1c(F)cc(Cl)cc1F)N1CCNCC1.Cl. The molecule has 2 nitrogen and oxygen atoms in total. The van der Waals surface area contributed by atoms with Gasteiger partial charge in [-0.05, 0) is 17.5 Å². The molecule has 1 aromatic rings. The van der Waals surface area contributed by atoms with E-state index in [0.29, 0.717) is 0 Å². The van der Waals surface area contributed by atoms with Crippen molar-refractivity contribution in [3.8, 4) is 0 Å². The molecule has 1 aliphatic heterocycles. The molecule has 21 heavy (non-hydrogen) atoms. The van der Waals surface area contributed by atoms with E-state index < -0.39 is 11.6 Å². The molecule has 0 bridgehead atoms. The Kier molecular flexibility index (Phi) is 6.41. The summed E-state index contributed by atoms with van der Waals surface area (Å²) >= 11 is 5.72. The third kappa shape index (κ3) is 4.28. The normalized spacial score (nSPS) is 18.2. The van der Waals surface area contributed by atoms with Crippen molar-refractivity contribution in [3.05, 3.63) is 34.4 Å². The van der Waals surface area contributed by atoms with Crippen LogP contribution in [0.2, 0.25) is 5.02 Å². The van der Waals surface area contributed by atoms with Gasteiger partial charge < -0.3 is 5.32 Å². The molecule has 1 heterocycles. The van der Waals surface area contributed by atoms with Gasteiger partial charge in [-0.2, -0.15) is 0 Å². The lowest BCUT2D eigenvalue weighted by atomic mass is 9.80. The molecule has 1 atom stereocenters. The lowest BCUT2D eigenvalue weighted by Gasteiger charge is -2.42. The first kappa shape index (κ1) is 18.6. The highest BCUT2D eigenvalue weighted by Gasteiger charge is 2.36. The Balaban J connectivity index is 0.00000220. The first-order valence-electron chi connectivity index (χ1n) is 6.90. The summed E-state index contributed by atoms with van der Waals surface area (Å²) in [6.07, 6.45) is 0. The van der Waals surface area contributed by atoms with Gasteiger partial charge in [0.15, 0.2) is 0 Å². The highest BCUT2D eigenvalue weighted by atomic mass is 35.5. The van der Waals surface area contributed by atoms with Crippen LogP contribution in [0.3, 0.4) is 0 Å². The fourth-order valence-electron chi connectivity index (χ4n) is 2.92. The Morgan fingerprint density at radius 2 is 1.62 bits per heavy atom. The summed E-state index contributed by atoms with van der Waals surface area (Å²) in [7, 11) is 0. The molecule has 0 spiro atoms. The van der Waals surface area contributed by atoms with Crippen LogP contribution in [0.1, 0.15) is 32.4 Å². The second-order valence-electron chi connectivity index (χ2n) is 6.34. The van der Waals surface area contributed by atoms with Crippen LogP contribution in [0.4, 0.5) is 8.78 Å². The summed E-state index contributed by atoms with van der Waals surface area (Å²) in [6.45, 7) is 9.26. The van der Waals surface area contributed by atoms with Crippen molar-refractivity contribution >= 4 is 24.0 Å². The lowest BCUT2D eigenvalue weighted by molar-refractivity contribution is 0.0804. The molecule has 0 aromatic heterocycles. The van der Waals surface area contributed by atoms with Gasteiger partial charge in [0.2, 0.25) is 0 Å². The van der Waals surface area contributed by atoms with Crippen LogP contribution < -0.4 is 5.32 Å². The van der Waals surface area contributed by atoms with Crippen LogP contribution in [0.5, 0.6) is 0 Å². The lowest BCUT2D eigenvalue weighted by Crippen LogP contribution is -2.48. The van der Waals surface area contributed by atoms with Gasteiger partial charge in [0.25, 0.3) is 0 Å². The molecular formula is C15H22Cl2F2N2. The van der Waals surface area contributed by atoms with Crippen molar-refractivity contribution in [3.63, 3.8) is 0 Å². The third-order valence-corrected chi connectivity index (χ3v) is 3.87. The van der Waals surface area contributed by atoms with Crippen LogP contribution in [0.25, 0.3) is 0 Å². The minimum absolute atomic E-state index is 0. The maximum atomic E-state index is 14.3. The summed E-state index contributed by atoms with van der Waals surface area (Å²) < 4.78 is 28.6. The molecule has 0 amide bonds. The molecule has 120 valence electrons. The summed E-state index contributed by atoms with van der Waals surface area (Å²) in [5.41, 5.74) is -0.142. The first-order valence-corrected chi connectivity index (χ1v) is 7.27. The van der Waals surface area contributed by atoms with E-state index in [2.05, 4.69) is 10.2 Å². The highest BCUT2D eigenvalue weighted by molar-refractivity contribution is 6.30. The standard InChI is InChI=1S/C15H21ClF2N2.ClH/c1-15(2,3)14(20-6-4-19-5-7-20)13-11(17)8-10(16)9-12(13)18;/h8-9,14,19H,4-7H2,1-3H3;1H/t14-;/m0./s1. The fraction of sp³-hybridized carbons (Fsp3) is 0.600. The number of rotatable bonds is 2. The maximum Gasteiger partial charge on any atom is 0.132 e. The number of nitrogens with one attached hydrogen (secondary N) is 1. The van der Waals surface area contributed by atoms with Crippen molar-refractivity contribution in [1.29, 1.82) is 0 Å². The molecule has 2 rings (SSSR count). The van der Waals surface area contributed by atoms with E-state index in [4.69, 9.17) is 11.6 Å². The van der Waals surface area contributed by atoms with Gasteiger partial charge in [-0.3, -0.25) is 4.90 Å². The van der Waals surface area contributed by atoms with E-state index in [0.717, 1.165) is 26.2 Å². The molecule has 1 aromatic carbocycles. The fourth-order valence-corrected chi connectivity index (χ4v) is 3.11. The number of halogens is 4. The Bertz CT molecular complexity index is 460. The Morgan fingerprint density at radius 1 is 1.14 bits per heavy atom. The molecule has 0 radical (unpaired) electrons. The molecule has 1 fully saturated rings. The zero-order chi connectivity index (χ0) is 14.9. The maximum absolute atomic E-state index is 14.3. The van der Waals surface area contributed by atoms with E-state index in [-0.39, 0.29) is 34.4 Å². The number of piperazine rings is 1. The van der Waals surface area contributed by atoms with Gasteiger partial charge in [-0.1, -0.05) is 32.4 Å². The quantitative estimate of drug-likeness (QED) is 0.875. The number of nitrogens with zero attached hydrogens (tertiary/aromatic N) is 1. The van der Waals surface area contributed by atoms with Crippen molar-refractivity contribution in [2.24, 2.45) is 5.41 Å². The van der Waals surface area contributed by atoms with E-state index in [1.807, 2.05) is 20.8 Å². The molecular weight excluding hydrogens is 317 g/mol. The third-order valence-electron chi connectivity index (χ3n) is 3.65. The topological polar surface area (TPSA) is 15.3 Å². The number of hydrogen-bond donors (Lipinski definition) is 1. The summed E-state index contributed by atoms with van der Waals surface area (Å²) in [6, 6.07) is 2.09. The van der Waals surface area contributed by atoms with E-state index >= 15 is 0 Å². The largest absolute Gasteiger partial charge is 0.314 e. The minimum atomic E-state index is -0.562. The van der Waals surface area contributed by atoms with Crippen molar-refractivity contribution in [2.45, 2.75) is 26.8 Å². The van der Waals surface area contributed by atoms with Gasteiger partial charge in [0.1, 0.15) is 11.6 Å². The second-order valence-corrected chi connectivity index (χ2v) is 6.77. The first-order chi connectivity index (χ1) is 9.30. The Labute approximate surface area is 136 Å². The monoisotopic (exact) mass is 338 g/mol. The smallest absolute Gasteiger partial charge is 0.132 e. The predicted molar refractivity (Wildman–Crippen MR) is 85.3 cm³/mol. The molecule has 0 aliphatic carbocycles. The summed E-state index contributed by atoms with van der Waals surface area (Å²) in [5.74, 6) is -1.12. The molecule has 1 aliphatic rings. The van der Waals surface area contributed by atoms with Gasteiger partial charge in [0, 0.05) is 42.8 Å². The molecule has 0 saturated carbocycles. The van der Waals surface area contributed by atoms with Crippen molar-refractivity contribution in [1.82, 2.24) is 10.2 Å². The van der Waals surface area contributed by atoms with Gasteiger partial charge in [-0.15, -0.1) is 12.4 Å². The van der Waals surface area contributed by atoms with Gasteiger partial charge in [0.05, 0.1) is 0 Å². The van der Waals surface area contributed by atoms with Crippen LogP contribution in [-0.2, 0) is 0 Å². The molecule has 1 saturated heterocycles. The zero-order valence-electron chi connectivity index (χ0n) is 12.5. The van der Waals surface area contributed by atoms with Crippen LogP contribution in [0.15, 0.2) is 12.1 Å². The van der Waals surface area contributed by atoms with Crippen LogP contribution in [-0.4, -0.2) is 31.1 Å². The molecule has 6 heteroatoms. The minimum Gasteiger partial charge on any atom is -0.314 e. The van der Waals surface area contributed by atoms with E-state index in [1.54, 1.807) is 0 Å². The van der Waals surface area contributed by atoms with E-state index in [9.17, 15) is 8.78 Å². The average molecular weight is 339 g/mol. The Morgan fingerprint density at radius 3 is 2.05 bits per heavy atom. The van der Waals surface area contributed by atoms with Crippen molar-refractivity contribution in [2.75, 3.05) is 26.2 Å². The summed E-state index contributed by atoms with van der Waals surface area (Å²) in [5, 5.41) is 3.35. The highest BCUT2D eigenvalue weighted by Crippen LogP contribution is 2.41. The number of benzene rings is 1. The predicted octanol–water partition coefficient (Wildman–Crippen LogP) is 4.03. The Hall–Kier alpha value is -0.420. The van der Waals surface area contributed by atoms with E-state index in [1.165, 1.54) is 12.1 Å². The average Bonchev–Trinajstić information content (AvgIpc) is 2.33. The van der Waals surface area contributed by atoms with Gasteiger partial charge >= 0.3 is 0 Å². The van der Waals surface area contributed by atoms with Gasteiger partial charge in [-0.25, -0.2) is 8.78 Å². The number of hydrogen-bond acceptors (Lipinski definition) is 2. The van der Waals surface area contributed by atoms with Crippen LogP contribution >= 0.6 is 24.0 Å². The molecule has 0 unspecified atom stereocenters. The second kappa shape index (κ2) is 7.23.